The number of allylic oxidation sites excluding steroid dienone is 2. The first kappa shape index (κ1) is 24.5. The summed E-state index contributed by atoms with van der Waals surface area (Å²) in [5, 5.41) is 10.1. The quantitative estimate of drug-likeness (QED) is 0.453. The van der Waals surface area contributed by atoms with Gasteiger partial charge in [0.05, 0.1) is 7.11 Å². The topological polar surface area (TPSA) is 94.4 Å². The van der Waals surface area contributed by atoms with Gasteiger partial charge in [0.2, 0.25) is 0 Å². The molecule has 0 bridgehead atoms. The second-order valence-electron chi connectivity index (χ2n) is 9.77. The van der Waals surface area contributed by atoms with Crippen molar-refractivity contribution >= 4 is 17.5 Å². The third-order valence-electron chi connectivity index (χ3n) is 6.46. The van der Waals surface area contributed by atoms with Gasteiger partial charge in [-0.25, -0.2) is 0 Å². The van der Waals surface area contributed by atoms with Crippen molar-refractivity contribution in [3.05, 3.63) is 65.4 Å². The molecule has 0 amide bonds. The number of phenolic OH excluding ortho intramolecular Hbond substituents is 1. The predicted molar refractivity (Wildman–Crippen MR) is 132 cm³/mol. The molecule has 7 nitrogen and oxygen atoms in total. The number of methoxy groups -OCH3 is 1. The Labute approximate surface area is 205 Å². The summed E-state index contributed by atoms with van der Waals surface area (Å²) in [6, 6.07) is 14.2. The van der Waals surface area contributed by atoms with Crippen LogP contribution in [0.15, 0.2) is 64.8 Å². The average molecular weight is 478 g/mol. The molecule has 1 unspecified atom stereocenters. The Morgan fingerprint density at radius 3 is 2.57 bits per heavy atom. The Hall–Kier alpha value is -3.61. The largest absolute Gasteiger partial charge is 0.504 e. The zero-order valence-corrected chi connectivity index (χ0v) is 20.5. The fourth-order valence-electron chi connectivity index (χ4n) is 4.91. The minimum atomic E-state index is -0.773. The van der Waals surface area contributed by atoms with Gasteiger partial charge in [0.15, 0.2) is 17.3 Å². The molecule has 1 heterocycles. The van der Waals surface area contributed by atoms with Gasteiger partial charge in [0.25, 0.3) is 0 Å². The van der Waals surface area contributed by atoms with Gasteiger partial charge in [-0.3, -0.25) is 14.6 Å². The summed E-state index contributed by atoms with van der Waals surface area (Å²) in [5.74, 6) is -0.887. The van der Waals surface area contributed by atoms with E-state index in [4.69, 9.17) is 19.2 Å². The molecule has 0 radical (unpaired) electrons. The minimum absolute atomic E-state index is 0.0139. The molecule has 0 aromatic heterocycles. The number of hydrogen-bond donors (Lipinski definition) is 1. The van der Waals surface area contributed by atoms with E-state index < -0.39 is 17.8 Å². The summed E-state index contributed by atoms with van der Waals surface area (Å²) in [4.78, 5) is 31.4. The van der Waals surface area contributed by atoms with Crippen LogP contribution in [0, 0.1) is 11.3 Å². The van der Waals surface area contributed by atoms with E-state index in [1.165, 1.54) is 13.2 Å². The van der Waals surface area contributed by atoms with Gasteiger partial charge >= 0.3 is 5.97 Å². The highest BCUT2D eigenvalue weighted by Gasteiger charge is 2.46. The molecule has 1 aliphatic heterocycles. The van der Waals surface area contributed by atoms with Crippen LogP contribution in [0.25, 0.3) is 0 Å². The van der Waals surface area contributed by atoms with Crippen molar-refractivity contribution in [2.45, 2.75) is 39.5 Å². The number of hydrogen-bond acceptors (Lipinski definition) is 7. The van der Waals surface area contributed by atoms with Crippen LogP contribution in [-0.4, -0.2) is 42.9 Å². The summed E-state index contributed by atoms with van der Waals surface area (Å²) in [6.07, 6.45) is 1.02. The van der Waals surface area contributed by atoms with Gasteiger partial charge in [-0.1, -0.05) is 38.1 Å². The molecule has 0 spiro atoms. The minimum Gasteiger partial charge on any atom is -0.504 e. The number of para-hydroxylation sites is 1. The summed E-state index contributed by atoms with van der Waals surface area (Å²) in [5.41, 5.74) is 2.35. The van der Waals surface area contributed by atoms with Crippen molar-refractivity contribution in [3.8, 4) is 17.2 Å². The molecule has 35 heavy (non-hydrogen) atoms. The van der Waals surface area contributed by atoms with Crippen LogP contribution in [-0.2, 0) is 14.3 Å². The number of benzene rings is 2. The second kappa shape index (κ2) is 9.94. The first-order valence-electron chi connectivity index (χ1n) is 11.7. The molecule has 1 aliphatic carbocycles. The third kappa shape index (κ3) is 5.24. The van der Waals surface area contributed by atoms with E-state index in [0.29, 0.717) is 35.4 Å². The van der Waals surface area contributed by atoms with Gasteiger partial charge in [0, 0.05) is 29.3 Å². The number of aromatic hydroxyl groups is 1. The highest BCUT2D eigenvalue weighted by atomic mass is 16.6. The third-order valence-corrected chi connectivity index (χ3v) is 6.46. The van der Waals surface area contributed by atoms with Crippen LogP contribution in [0.1, 0.15) is 45.1 Å². The van der Waals surface area contributed by atoms with Crippen molar-refractivity contribution in [1.82, 2.24) is 0 Å². The average Bonchev–Trinajstić information content (AvgIpc) is 2.81. The number of esters is 1. The first-order valence-corrected chi connectivity index (χ1v) is 11.7. The maximum atomic E-state index is 13.4. The number of carbonyl (C=O) groups is 2. The number of ketones is 1. The summed E-state index contributed by atoms with van der Waals surface area (Å²) in [7, 11) is 1.46. The fourth-order valence-corrected chi connectivity index (χ4v) is 4.91. The predicted octanol–water partition coefficient (Wildman–Crippen LogP) is 4.84. The first-order chi connectivity index (χ1) is 16.7. The molecule has 1 N–H and O–H groups in total. The molecular formula is C28H31NO6. The Balaban J connectivity index is 1.63. The number of phenols is 1. The van der Waals surface area contributed by atoms with Gasteiger partial charge in [-0.05, 0) is 48.6 Å². The number of ether oxygens (including phenoxy) is 3. The van der Waals surface area contributed by atoms with Crippen molar-refractivity contribution < 1.29 is 28.9 Å². The summed E-state index contributed by atoms with van der Waals surface area (Å²) >= 11 is 0. The smallest absolute Gasteiger partial charge is 0.315 e. The SMILES string of the molecule is COc1cc([C@H]2C3=C(CC(C)(C)CC3=O)N=C(C)C2C(=O)OCCOc2ccccc2)ccc1O. The summed E-state index contributed by atoms with van der Waals surface area (Å²) < 4.78 is 16.5. The van der Waals surface area contributed by atoms with E-state index >= 15 is 0 Å². The molecule has 2 atom stereocenters. The Morgan fingerprint density at radius 1 is 1.11 bits per heavy atom. The molecule has 4 rings (SSSR count). The zero-order valence-electron chi connectivity index (χ0n) is 20.5. The van der Waals surface area contributed by atoms with Crippen LogP contribution in [0.4, 0.5) is 0 Å². The van der Waals surface area contributed by atoms with E-state index in [-0.39, 0.29) is 35.9 Å². The maximum absolute atomic E-state index is 13.4. The maximum Gasteiger partial charge on any atom is 0.315 e. The lowest BCUT2D eigenvalue weighted by molar-refractivity contribution is -0.147. The highest BCUT2D eigenvalue weighted by Crippen LogP contribution is 2.48. The lowest BCUT2D eigenvalue weighted by atomic mass is 9.67. The zero-order chi connectivity index (χ0) is 25.2. The second-order valence-corrected chi connectivity index (χ2v) is 9.77. The van der Waals surface area contributed by atoms with Crippen LogP contribution < -0.4 is 9.47 Å². The summed E-state index contributed by atoms with van der Waals surface area (Å²) in [6.45, 7) is 6.16. The Kier molecular flexibility index (Phi) is 6.96. The molecule has 184 valence electrons. The fraction of sp³-hybridized carbons (Fsp3) is 0.393. The Bertz CT molecular complexity index is 1180. The molecule has 2 aromatic rings. The standard InChI is InChI=1S/C28H31NO6/c1-17-24(27(32)35-13-12-34-19-8-6-5-7-9-19)25(18-10-11-21(30)23(14-18)33-4)26-20(29-17)15-28(2,3)16-22(26)31/h5-11,14,24-25,30H,12-13,15-16H2,1-4H3/t24?,25-/m1/s1. The molecular weight excluding hydrogens is 446 g/mol. The number of aliphatic imine (C=N–C) groups is 1. The van der Waals surface area contributed by atoms with Gasteiger partial charge in [-0.2, -0.15) is 0 Å². The highest BCUT2D eigenvalue weighted by molar-refractivity contribution is 6.09. The number of rotatable bonds is 7. The molecule has 7 heteroatoms. The molecule has 2 aromatic carbocycles. The van der Waals surface area contributed by atoms with Gasteiger partial charge < -0.3 is 19.3 Å². The monoisotopic (exact) mass is 477 g/mol. The Morgan fingerprint density at radius 2 is 1.86 bits per heavy atom. The van der Waals surface area contributed by atoms with E-state index in [1.54, 1.807) is 19.1 Å². The number of Topliss-reactive ketones (excluding diaryl/α,β-unsaturated/α-hetero) is 1. The van der Waals surface area contributed by atoms with Crippen molar-refractivity contribution in [2.75, 3.05) is 20.3 Å². The van der Waals surface area contributed by atoms with Crippen molar-refractivity contribution in [1.29, 1.82) is 0 Å². The van der Waals surface area contributed by atoms with Gasteiger partial charge in [-0.15, -0.1) is 0 Å². The lowest BCUT2D eigenvalue weighted by Crippen LogP contribution is -2.39. The van der Waals surface area contributed by atoms with E-state index in [9.17, 15) is 14.7 Å². The molecule has 2 aliphatic rings. The van der Waals surface area contributed by atoms with E-state index in [0.717, 1.165) is 5.70 Å². The van der Waals surface area contributed by atoms with Gasteiger partial charge in [0.1, 0.15) is 24.9 Å². The lowest BCUT2D eigenvalue weighted by Gasteiger charge is -2.39. The molecule has 0 saturated carbocycles. The van der Waals surface area contributed by atoms with Crippen LogP contribution in [0.2, 0.25) is 0 Å². The van der Waals surface area contributed by atoms with Crippen LogP contribution >= 0.6 is 0 Å². The number of nitrogens with zero attached hydrogens (tertiary/aromatic N) is 1. The normalized spacial score (nSPS) is 21.1. The van der Waals surface area contributed by atoms with E-state index in [1.807, 2.05) is 44.2 Å². The van der Waals surface area contributed by atoms with Crippen LogP contribution in [0.3, 0.4) is 0 Å². The molecule has 0 fully saturated rings. The molecule has 0 saturated heterocycles. The van der Waals surface area contributed by atoms with Crippen LogP contribution in [0.5, 0.6) is 17.2 Å². The number of carbonyl (C=O) groups excluding carboxylic acids is 2. The van der Waals surface area contributed by atoms with Crippen molar-refractivity contribution in [3.63, 3.8) is 0 Å². The van der Waals surface area contributed by atoms with E-state index in [2.05, 4.69) is 0 Å². The van der Waals surface area contributed by atoms with Crippen molar-refractivity contribution in [2.24, 2.45) is 16.3 Å².